The number of hydrogen-bond acceptors (Lipinski definition) is 2. The maximum absolute atomic E-state index is 8.46. The van der Waals surface area contributed by atoms with Gasteiger partial charge < -0.3 is 5.73 Å². The zero-order valence-electron chi connectivity index (χ0n) is 13.2. The van der Waals surface area contributed by atoms with Crippen molar-refractivity contribution in [1.29, 1.82) is 5.26 Å². The molecule has 0 amide bonds. The van der Waals surface area contributed by atoms with E-state index in [4.69, 9.17) is 19.2 Å². The van der Waals surface area contributed by atoms with Gasteiger partial charge in [0.1, 0.15) is 0 Å². The van der Waals surface area contributed by atoms with Crippen molar-refractivity contribution < 1.29 is 8.22 Å². The summed E-state index contributed by atoms with van der Waals surface area (Å²) in [6.07, 6.45) is 2.47. The van der Waals surface area contributed by atoms with Crippen LogP contribution in [0.4, 0.5) is 5.69 Å². The fourth-order valence-electron chi connectivity index (χ4n) is 0.905. The lowest BCUT2D eigenvalue weighted by Crippen LogP contribution is -1.93. The first kappa shape index (κ1) is 5.43. The minimum absolute atomic E-state index is 0. The fourth-order valence-corrected chi connectivity index (χ4v) is 0.905. The molecule has 74 valence electrons. The normalized spacial score (nSPS) is 17.6. The highest BCUT2D eigenvalue weighted by molar-refractivity contribution is 5.85. The van der Waals surface area contributed by atoms with Gasteiger partial charge in [0.25, 0.3) is 0 Å². The number of benzene rings is 1. The summed E-state index contributed by atoms with van der Waals surface area (Å²) < 4.78 is 44.2. The molecule has 0 aliphatic heterocycles. The second-order valence-corrected chi connectivity index (χ2v) is 2.49. The van der Waals surface area contributed by atoms with Crippen molar-refractivity contribution in [3.63, 3.8) is 0 Å². The Morgan fingerprint density at radius 2 is 2.00 bits per heavy atom. The molecule has 14 heavy (non-hydrogen) atoms. The summed E-state index contributed by atoms with van der Waals surface area (Å²) in [5, 5.41) is 8.46. The Labute approximate surface area is 98.9 Å². The summed E-state index contributed by atoms with van der Waals surface area (Å²) in [7, 11) is 0. The lowest BCUT2D eigenvalue weighted by atomic mass is 10.0. The van der Waals surface area contributed by atoms with Crippen molar-refractivity contribution in [2.75, 3.05) is 5.73 Å². The number of nitrogens with zero attached hydrogens (tertiary/aromatic N) is 1. The van der Waals surface area contributed by atoms with Crippen molar-refractivity contribution in [3.05, 3.63) is 34.9 Å². The lowest BCUT2D eigenvalue weighted by Gasteiger charge is -2.05. The number of nitrogens with two attached hydrogens (primary N) is 1. The van der Waals surface area contributed by atoms with Gasteiger partial charge >= 0.3 is 0 Å². The van der Waals surface area contributed by atoms with Gasteiger partial charge in [0, 0.05) is 20.0 Å². The van der Waals surface area contributed by atoms with Crippen LogP contribution in [-0.4, -0.2) is 0 Å². The molecule has 0 saturated carbocycles. The third-order valence-corrected chi connectivity index (χ3v) is 1.55. The Morgan fingerprint density at radius 1 is 1.43 bits per heavy atom. The number of hydrogen-bond donors (Lipinski definition) is 1. The molecule has 0 radical (unpaired) electrons. The largest absolute Gasteiger partial charge is 0.398 e. The van der Waals surface area contributed by atoms with Gasteiger partial charge in [-0.3, -0.25) is 0 Å². The number of nitriles is 1. The van der Waals surface area contributed by atoms with Gasteiger partial charge in [0.05, 0.1) is 6.07 Å². The highest BCUT2D eigenvalue weighted by Crippen LogP contribution is 2.19. The van der Waals surface area contributed by atoms with Crippen LogP contribution in [0.25, 0.3) is 6.08 Å². The highest BCUT2D eigenvalue weighted by atomic mass is 35.5. The Balaban J connectivity index is 0.00000361. The van der Waals surface area contributed by atoms with Gasteiger partial charge in [-0.2, -0.15) is 5.26 Å². The van der Waals surface area contributed by atoms with E-state index >= 15 is 0 Å². The van der Waals surface area contributed by atoms with Crippen LogP contribution in [0.15, 0.2) is 18.2 Å². The van der Waals surface area contributed by atoms with E-state index in [0.717, 1.165) is 6.08 Å². The third-order valence-electron chi connectivity index (χ3n) is 1.55. The second kappa shape index (κ2) is 5.31. The number of nitrogen functional groups attached to an aromatic ring is 1. The van der Waals surface area contributed by atoms with E-state index in [1.54, 1.807) is 6.07 Å². The second-order valence-electron chi connectivity index (χ2n) is 2.49. The summed E-state index contributed by atoms with van der Waals surface area (Å²) >= 11 is 0. The summed E-state index contributed by atoms with van der Waals surface area (Å²) in [5.74, 6) is 0. The van der Waals surface area contributed by atoms with Crippen LogP contribution in [0.3, 0.4) is 0 Å². The molecule has 0 spiro atoms. The van der Waals surface area contributed by atoms with E-state index in [9.17, 15) is 0 Å². The van der Waals surface area contributed by atoms with Crippen molar-refractivity contribution in [2.24, 2.45) is 0 Å². The number of aryl methyl sites for hydroxylation is 2. The van der Waals surface area contributed by atoms with Gasteiger partial charge in [-0.1, -0.05) is 0 Å². The predicted octanol–water partition coefficient (Wildman–Crippen LogP) is 2.84. The molecule has 0 aliphatic carbocycles. The summed E-state index contributed by atoms with van der Waals surface area (Å²) in [6.45, 7) is -5.03. The van der Waals surface area contributed by atoms with E-state index in [-0.39, 0.29) is 29.2 Å². The molecule has 0 atom stereocenters. The van der Waals surface area contributed by atoms with Crippen molar-refractivity contribution in [1.82, 2.24) is 0 Å². The summed E-state index contributed by atoms with van der Waals surface area (Å²) in [4.78, 5) is 0. The van der Waals surface area contributed by atoms with Crippen LogP contribution in [0.1, 0.15) is 24.9 Å². The number of halogens is 1. The van der Waals surface area contributed by atoms with Crippen molar-refractivity contribution >= 4 is 24.2 Å². The lowest BCUT2D eigenvalue weighted by molar-refractivity contribution is 1.38. The van der Waals surface area contributed by atoms with E-state index in [1.165, 1.54) is 18.2 Å². The van der Waals surface area contributed by atoms with Crippen molar-refractivity contribution in [2.45, 2.75) is 13.7 Å². The number of allylic oxidation sites excluding steroid dienone is 1. The fraction of sp³-hybridized carbons (Fsp3) is 0.182. The Hall–Kier alpha value is -1.46. The van der Waals surface area contributed by atoms with Crippen LogP contribution in [-0.2, 0) is 0 Å². The van der Waals surface area contributed by atoms with Crippen LogP contribution in [0.5, 0.6) is 0 Å². The van der Waals surface area contributed by atoms with Crippen LogP contribution >= 0.6 is 12.4 Å². The average molecular weight is 215 g/mol. The number of rotatable bonds is 1. The molecule has 1 rings (SSSR count). The third kappa shape index (κ3) is 2.79. The molecule has 0 heterocycles. The topological polar surface area (TPSA) is 49.8 Å². The standard InChI is InChI=1S/C11H12N2.ClH/c1-8-6-10(4-3-5-12)7-9(2)11(8)13;/h3-4,6-7H,13H2,1-2H3;1H/b4-3+;/i1D3,2D3;. The summed E-state index contributed by atoms with van der Waals surface area (Å²) in [6, 6.07) is 4.29. The van der Waals surface area contributed by atoms with Crippen LogP contribution < -0.4 is 5.73 Å². The Kier molecular flexibility index (Phi) is 2.06. The molecule has 2 N–H and O–H groups in total. The van der Waals surface area contributed by atoms with E-state index in [0.29, 0.717) is 5.56 Å². The first-order valence-corrected chi connectivity index (χ1v) is 3.58. The molecule has 0 bridgehead atoms. The Morgan fingerprint density at radius 3 is 2.43 bits per heavy atom. The van der Waals surface area contributed by atoms with E-state index < -0.39 is 13.7 Å². The highest BCUT2D eigenvalue weighted by Gasteiger charge is 1.98. The monoisotopic (exact) mass is 214 g/mol. The minimum Gasteiger partial charge on any atom is -0.398 e. The predicted molar refractivity (Wildman–Crippen MR) is 62.2 cm³/mol. The van der Waals surface area contributed by atoms with Crippen LogP contribution in [0, 0.1) is 25.0 Å². The molecular weight excluding hydrogens is 196 g/mol. The van der Waals surface area contributed by atoms with E-state index in [2.05, 4.69) is 0 Å². The molecule has 1 aromatic carbocycles. The summed E-state index contributed by atoms with van der Waals surface area (Å²) in [5.41, 5.74) is 5.25. The molecule has 1 aromatic rings. The molecular formula is C11H13ClN2. The number of anilines is 1. The zero-order chi connectivity index (χ0) is 14.8. The SMILES string of the molecule is Cl.[2H]C([2H])([2H])c1cc(/C=C/C#N)cc(C([2H])([2H])[2H])c1N. The molecule has 0 fully saturated rings. The maximum atomic E-state index is 8.46. The minimum atomic E-state index is -2.51. The molecule has 0 unspecified atom stereocenters. The molecule has 2 nitrogen and oxygen atoms in total. The maximum Gasteiger partial charge on any atom is 0.0912 e. The smallest absolute Gasteiger partial charge is 0.0912 e. The van der Waals surface area contributed by atoms with E-state index in [1.807, 2.05) is 0 Å². The van der Waals surface area contributed by atoms with Gasteiger partial charge in [0.2, 0.25) is 0 Å². The molecule has 0 saturated heterocycles. The molecule has 3 heteroatoms. The zero-order valence-corrected chi connectivity index (χ0v) is 8.06. The molecule has 0 aromatic heterocycles. The average Bonchev–Trinajstić information content (AvgIpc) is 2.24. The van der Waals surface area contributed by atoms with Gasteiger partial charge in [-0.05, 0) is 48.6 Å². The van der Waals surface area contributed by atoms with Crippen molar-refractivity contribution in [3.8, 4) is 6.07 Å². The first-order chi connectivity index (χ1) is 8.57. The van der Waals surface area contributed by atoms with Gasteiger partial charge in [-0.25, -0.2) is 0 Å². The van der Waals surface area contributed by atoms with Crippen LogP contribution in [0.2, 0.25) is 0 Å². The van der Waals surface area contributed by atoms with Gasteiger partial charge in [0.15, 0.2) is 0 Å². The quantitative estimate of drug-likeness (QED) is 0.577. The first-order valence-electron chi connectivity index (χ1n) is 6.58. The molecule has 0 aliphatic rings. The Bertz CT molecular complexity index is 518. The van der Waals surface area contributed by atoms with Gasteiger partial charge in [-0.15, -0.1) is 12.4 Å².